The highest BCUT2D eigenvalue weighted by atomic mass is 79.9. The van der Waals surface area contributed by atoms with Crippen LogP contribution in [0, 0.1) is 0 Å². The summed E-state index contributed by atoms with van der Waals surface area (Å²) < 4.78 is 10.7. The van der Waals surface area contributed by atoms with Gasteiger partial charge in [-0.3, -0.25) is 5.32 Å². The second-order valence-electron chi connectivity index (χ2n) is 4.76. The molecular weight excluding hydrogens is 316 g/mol. The van der Waals surface area contributed by atoms with Gasteiger partial charge in [-0.05, 0) is 36.7 Å². The van der Waals surface area contributed by atoms with E-state index in [-0.39, 0.29) is 6.61 Å². The number of hydrogen-bond donors (Lipinski definition) is 2. The molecule has 0 bridgehead atoms. The highest BCUT2D eigenvalue weighted by Gasteiger charge is 2.18. The van der Waals surface area contributed by atoms with Crippen molar-refractivity contribution in [3.63, 3.8) is 0 Å². The van der Waals surface area contributed by atoms with Crippen LogP contribution in [-0.4, -0.2) is 28.9 Å². The molecule has 0 saturated heterocycles. The minimum absolute atomic E-state index is 0.312. The predicted octanol–water partition coefficient (Wildman–Crippen LogP) is 2.69. The molecule has 1 aromatic heterocycles. The van der Waals surface area contributed by atoms with Crippen LogP contribution in [0.5, 0.6) is 5.75 Å². The second kappa shape index (κ2) is 6.21. The fourth-order valence-corrected chi connectivity index (χ4v) is 1.78. The van der Waals surface area contributed by atoms with Gasteiger partial charge in [0.15, 0.2) is 5.75 Å². The first kappa shape index (κ1) is 15.7. The first-order valence-electron chi connectivity index (χ1n) is 5.61. The Bertz CT molecular complexity index is 472. The molecule has 0 saturated carbocycles. The Balaban J connectivity index is 2.96. The van der Waals surface area contributed by atoms with Crippen LogP contribution in [0.25, 0.3) is 0 Å². The Morgan fingerprint density at radius 2 is 2.16 bits per heavy atom. The molecule has 19 heavy (non-hydrogen) atoms. The van der Waals surface area contributed by atoms with Crippen molar-refractivity contribution in [3.8, 4) is 5.75 Å². The third kappa shape index (κ3) is 4.68. The predicted molar refractivity (Wildman–Crippen MR) is 74.3 cm³/mol. The Hall–Kier alpha value is -1.34. The van der Waals surface area contributed by atoms with Crippen molar-refractivity contribution >= 4 is 27.7 Å². The molecule has 7 heteroatoms. The summed E-state index contributed by atoms with van der Waals surface area (Å²) in [4.78, 5) is 15.8. The van der Waals surface area contributed by atoms with Gasteiger partial charge in [-0.25, -0.2) is 9.78 Å². The number of carbonyl (C=O) groups is 1. The number of nitrogens with one attached hydrogen (secondary N) is 1. The zero-order chi connectivity index (χ0) is 14.6. The Morgan fingerprint density at radius 1 is 1.53 bits per heavy atom. The molecule has 0 radical (unpaired) electrons. The van der Waals surface area contributed by atoms with Gasteiger partial charge in [0, 0.05) is 6.07 Å². The zero-order valence-corrected chi connectivity index (χ0v) is 12.9. The van der Waals surface area contributed by atoms with Crippen LogP contribution >= 0.6 is 15.9 Å². The average molecular weight is 333 g/mol. The molecule has 0 spiro atoms. The molecule has 1 heterocycles. The van der Waals surface area contributed by atoms with E-state index in [1.54, 1.807) is 26.8 Å². The Morgan fingerprint density at radius 3 is 2.63 bits per heavy atom. The van der Waals surface area contributed by atoms with Crippen LogP contribution in [0.3, 0.4) is 0 Å². The van der Waals surface area contributed by atoms with Gasteiger partial charge in [0.1, 0.15) is 10.2 Å². The minimum atomic E-state index is -0.617. The lowest BCUT2D eigenvalue weighted by molar-refractivity contribution is 0.0635. The number of aliphatic hydroxyl groups excluding tert-OH is 1. The van der Waals surface area contributed by atoms with Crippen LogP contribution in [0.2, 0.25) is 0 Å². The average Bonchev–Trinajstić information content (AvgIpc) is 2.28. The molecule has 6 nitrogen and oxygen atoms in total. The summed E-state index contributed by atoms with van der Waals surface area (Å²) in [5.41, 5.74) is 0.0615. The second-order valence-corrected chi connectivity index (χ2v) is 5.51. The molecule has 0 unspecified atom stereocenters. The van der Waals surface area contributed by atoms with Gasteiger partial charge in [-0.1, -0.05) is 0 Å². The smallest absolute Gasteiger partial charge is 0.412 e. The molecule has 1 amide bonds. The van der Waals surface area contributed by atoms with Crippen molar-refractivity contribution in [3.05, 3.63) is 16.4 Å². The number of methoxy groups -OCH3 is 1. The van der Waals surface area contributed by atoms with Gasteiger partial charge in [-0.2, -0.15) is 0 Å². The quantitative estimate of drug-likeness (QED) is 0.832. The fraction of sp³-hybridized carbons (Fsp3) is 0.500. The van der Waals surface area contributed by atoms with Crippen LogP contribution in [0.15, 0.2) is 10.7 Å². The normalized spacial score (nSPS) is 11.1. The Kier molecular flexibility index (Phi) is 5.13. The number of amides is 1. The summed E-state index contributed by atoms with van der Waals surface area (Å²) >= 11 is 3.21. The largest absolute Gasteiger partial charge is 0.494 e. The maximum Gasteiger partial charge on any atom is 0.412 e. The summed E-state index contributed by atoms with van der Waals surface area (Å²) in [5, 5.41) is 11.8. The van der Waals surface area contributed by atoms with Gasteiger partial charge in [-0.15, -0.1) is 0 Å². The maximum absolute atomic E-state index is 11.7. The van der Waals surface area contributed by atoms with Gasteiger partial charge in [0.25, 0.3) is 0 Å². The van der Waals surface area contributed by atoms with E-state index < -0.39 is 11.7 Å². The summed E-state index contributed by atoms with van der Waals surface area (Å²) in [6, 6.07) is 1.56. The first-order valence-corrected chi connectivity index (χ1v) is 6.40. The molecular formula is C12H17BrN2O4. The number of hydrogen-bond acceptors (Lipinski definition) is 5. The van der Waals surface area contributed by atoms with E-state index in [0.29, 0.717) is 21.7 Å². The van der Waals surface area contributed by atoms with Crippen molar-refractivity contribution in [2.75, 3.05) is 12.4 Å². The molecule has 2 N–H and O–H groups in total. The monoisotopic (exact) mass is 332 g/mol. The third-order valence-electron chi connectivity index (χ3n) is 2.03. The summed E-state index contributed by atoms with van der Waals surface area (Å²) in [7, 11) is 1.48. The molecule has 1 aromatic rings. The molecule has 106 valence electrons. The number of ether oxygens (including phenoxy) is 2. The van der Waals surface area contributed by atoms with E-state index in [1.165, 1.54) is 7.11 Å². The number of nitrogens with zero attached hydrogens (tertiary/aromatic N) is 1. The molecule has 0 fully saturated rings. The number of carbonyl (C=O) groups excluding carboxylic acids is 1. The number of anilines is 1. The molecule has 1 rings (SSSR count). The van der Waals surface area contributed by atoms with Crippen molar-refractivity contribution in [2.45, 2.75) is 33.0 Å². The number of pyridine rings is 1. The van der Waals surface area contributed by atoms with E-state index in [1.807, 2.05) is 0 Å². The molecule has 0 aliphatic heterocycles. The molecule has 0 aromatic carbocycles. The summed E-state index contributed by atoms with van der Waals surface area (Å²) in [6.45, 7) is 4.98. The zero-order valence-electron chi connectivity index (χ0n) is 11.3. The Labute approximate surface area is 120 Å². The van der Waals surface area contributed by atoms with Crippen LogP contribution in [0.1, 0.15) is 26.5 Å². The number of aliphatic hydroxyl groups is 1. The van der Waals surface area contributed by atoms with E-state index in [4.69, 9.17) is 9.47 Å². The highest BCUT2D eigenvalue weighted by Crippen LogP contribution is 2.28. The molecule has 0 aliphatic carbocycles. The van der Waals surface area contributed by atoms with Crippen molar-refractivity contribution in [1.82, 2.24) is 4.98 Å². The first-order chi connectivity index (χ1) is 8.76. The standard InChI is InChI=1S/C12H17BrN2O4/c1-12(2,3)19-11(17)15-7-5-9(18-4)10(13)14-8(7)6-16/h5,16H,6H2,1-4H3,(H,15,17). The van der Waals surface area contributed by atoms with Crippen molar-refractivity contribution in [1.29, 1.82) is 0 Å². The minimum Gasteiger partial charge on any atom is -0.494 e. The molecule has 0 aliphatic rings. The highest BCUT2D eigenvalue weighted by molar-refractivity contribution is 9.10. The van der Waals surface area contributed by atoms with E-state index in [0.717, 1.165) is 0 Å². The summed E-state index contributed by atoms with van der Waals surface area (Å²) in [5.74, 6) is 0.447. The maximum atomic E-state index is 11.7. The lowest BCUT2D eigenvalue weighted by Gasteiger charge is -2.20. The lowest BCUT2D eigenvalue weighted by atomic mass is 10.2. The molecule has 0 atom stereocenters. The number of aromatic nitrogens is 1. The van der Waals surface area contributed by atoms with Crippen molar-refractivity contribution < 1.29 is 19.4 Å². The van der Waals surface area contributed by atoms with E-state index >= 15 is 0 Å². The van der Waals surface area contributed by atoms with Gasteiger partial charge in [0.05, 0.1) is 25.1 Å². The number of halogens is 1. The van der Waals surface area contributed by atoms with E-state index in [2.05, 4.69) is 26.2 Å². The topological polar surface area (TPSA) is 80.7 Å². The van der Waals surface area contributed by atoms with E-state index in [9.17, 15) is 9.90 Å². The number of rotatable bonds is 3. The van der Waals surface area contributed by atoms with Crippen LogP contribution < -0.4 is 10.1 Å². The third-order valence-corrected chi connectivity index (χ3v) is 2.60. The van der Waals surface area contributed by atoms with Gasteiger partial charge in [0.2, 0.25) is 0 Å². The fourth-order valence-electron chi connectivity index (χ4n) is 1.29. The summed E-state index contributed by atoms with van der Waals surface area (Å²) in [6.07, 6.45) is -0.617. The van der Waals surface area contributed by atoms with Gasteiger partial charge < -0.3 is 14.6 Å². The van der Waals surface area contributed by atoms with Crippen molar-refractivity contribution in [2.24, 2.45) is 0 Å². The van der Waals surface area contributed by atoms with Gasteiger partial charge >= 0.3 is 6.09 Å². The SMILES string of the molecule is COc1cc(NC(=O)OC(C)(C)C)c(CO)nc1Br. The lowest BCUT2D eigenvalue weighted by Crippen LogP contribution is -2.27. The van der Waals surface area contributed by atoms with Crippen LogP contribution in [-0.2, 0) is 11.3 Å². The van der Waals surface area contributed by atoms with Crippen LogP contribution in [0.4, 0.5) is 10.5 Å².